The van der Waals surface area contributed by atoms with Crippen LogP contribution < -0.4 is 10.2 Å². The van der Waals surface area contributed by atoms with Crippen LogP contribution in [0.4, 0.5) is 0 Å². The molecule has 1 aliphatic rings. The van der Waals surface area contributed by atoms with Gasteiger partial charge in [0.05, 0.1) is 18.4 Å². The fourth-order valence-corrected chi connectivity index (χ4v) is 6.38. The van der Waals surface area contributed by atoms with Gasteiger partial charge in [-0.3, -0.25) is 19.8 Å². The minimum Gasteiger partial charge on any atom is -0.457 e. The fourth-order valence-electron chi connectivity index (χ4n) is 4.28. The zero-order valence-corrected chi connectivity index (χ0v) is 20.4. The molecule has 2 amide bonds. The van der Waals surface area contributed by atoms with Crippen LogP contribution in [0.5, 0.6) is 11.5 Å². The lowest BCUT2D eigenvalue weighted by Gasteiger charge is -2.32. The maximum Gasteiger partial charge on any atom is 0.274 e. The van der Waals surface area contributed by atoms with Gasteiger partial charge in [-0.15, -0.1) is 0 Å². The van der Waals surface area contributed by atoms with E-state index in [0.717, 1.165) is 5.56 Å². The minimum atomic E-state index is -3.95. The molecule has 0 spiro atoms. The van der Waals surface area contributed by atoms with E-state index in [9.17, 15) is 23.2 Å². The van der Waals surface area contributed by atoms with E-state index in [-0.39, 0.29) is 31.0 Å². The summed E-state index contributed by atoms with van der Waals surface area (Å²) in [6.07, 6.45) is 3.59. The van der Waals surface area contributed by atoms with Crippen molar-refractivity contribution in [3.63, 3.8) is 0 Å². The monoisotopic (exact) mass is 510 g/mol. The second-order valence-electron chi connectivity index (χ2n) is 8.60. The standard InChI is InChI=1S/C25H26N4O6S/c1-18-2-6-20(7-3-18)35-21-8-4-19(5-9-21)25(16-23(30)28-32)10-13-29(14-15-36(25,33)34)24(31)22-17-26-11-12-27-22/h2-9,11-12,17,32H,10,13-16H2,1H3,(H,28,30). The van der Waals surface area contributed by atoms with Gasteiger partial charge in [0, 0.05) is 25.5 Å². The molecule has 1 saturated heterocycles. The summed E-state index contributed by atoms with van der Waals surface area (Å²) < 4.78 is 31.5. The molecule has 3 aromatic rings. The van der Waals surface area contributed by atoms with Gasteiger partial charge < -0.3 is 9.64 Å². The molecule has 4 rings (SSSR count). The highest BCUT2D eigenvalue weighted by molar-refractivity contribution is 7.92. The maximum atomic E-state index is 13.6. The Labute approximate surface area is 208 Å². The van der Waals surface area contributed by atoms with Crippen LogP contribution >= 0.6 is 0 Å². The van der Waals surface area contributed by atoms with Gasteiger partial charge in [-0.25, -0.2) is 18.9 Å². The summed E-state index contributed by atoms with van der Waals surface area (Å²) in [4.78, 5) is 34.5. The van der Waals surface area contributed by atoms with Crippen LogP contribution in [0.1, 0.15) is 34.5 Å². The molecule has 1 aliphatic heterocycles. The van der Waals surface area contributed by atoms with Gasteiger partial charge in [-0.2, -0.15) is 0 Å². The van der Waals surface area contributed by atoms with Gasteiger partial charge in [0.15, 0.2) is 9.84 Å². The molecule has 11 heteroatoms. The van der Waals surface area contributed by atoms with Crippen molar-refractivity contribution in [1.82, 2.24) is 20.3 Å². The third-order valence-corrected chi connectivity index (χ3v) is 8.78. The van der Waals surface area contributed by atoms with E-state index in [1.807, 2.05) is 31.2 Å². The molecule has 188 valence electrons. The molecule has 36 heavy (non-hydrogen) atoms. The SMILES string of the molecule is Cc1ccc(Oc2ccc(C3(CC(=O)NO)CCN(C(=O)c4cnccn4)CCS3(=O)=O)cc2)cc1. The van der Waals surface area contributed by atoms with E-state index in [0.29, 0.717) is 17.1 Å². The quantitative estimate of drug-likeness (QED) is 0.381. The molecule has 0 aliphatic carbocycles. The van der Waals surface area contributed by atoms with Crippen molar-refractivity contribution in [1.29, 1.82) is 0 Å². The summed E-state index contributed by atoms with van der Waals surface area (Å²) in [6.45, 7) is 1.97. The molecular formula is C25H26N4O6S. The average molecular weight is 511 g/mol. The number of hydrogen-bond donors (Lipinski definition) is 2. The molecule has 1 aromatic heterocycles. The summed E-state index contributed by atoms with van der Waals surface area (Å²) in [5.74, 6) is -0.521. The lowest BCUT2D eigenvalue weighted by atomic mass is 9.90. The maximum absolute atomic E-state index is 13.6. The van der Waals surface area contributed by atoms with E-state index in [1.165, 1.54) is 23.5 Å². The number of hydroxylamine groups is 1. The molecule has 2 heterocycles. The van der Waals surface area contributed by atoms with E-state index in [2.05, 4.69) is 9.97 Å². The van der Waals surface area contributed by atoms with Gasteiger partial charge >= 0.3 is 0 Å². The molecule has 1 atom stereocenters. The predicted octanol–water partition coefficient (Wildman–Crippen LogP) is 2.63. The van der Waals surface area contributed by atoms with E-state index in [4.69, 9.17) is 4.74 Å². The van der Waals surface area contributed by atoms with Gasteiger partial charge in [-0.05, 0) is 43.2 Å². The number of amides is 2. The Bertz CT molecular complexity index is 1330. The minimum absolute atomic E-state index is 0.0487. The highest BCUT2D eigenvalue weighted by Gasteiger charge is 2.49. The molecule has 2 N–H and O–H groups in total. The number of sulfone groups is 1. The number of hydrogen-bond acceptors (Lipinski definition) is 8. The van der Waals surface area contributed by atoms with Crippen LogP contribution in [0.15, 0.2) is 67.1 Å². The zero-order valence-electron chi connectivity index (χ0n) is 19.6. The van der Waals surface area contributed by atoms with Crippen molar-refractivity contribution in [3.8, 4) is 11.5 Å². The number of aromatic nitrogens is 2. The molecular weight excluding hydrogens is 484 g/mol. The summed E-state index contributed by atoms with van der Waals surface area (Å²) >= 11 is 0. The van der Waals surface area contributed by atoms with Gasteiger partial charge in [0.25, 0.3) is 5.91 Å². The normalized spacial score (nSPS) is 19.2. The topological polar surface area (TPSA) is 139 Å². The Morgan fingerprint density at radius 1 is 1.06 bits per heavy atom. The molecule has 0 bridgehead atoms. The number of benzene rings is 2. The van der Waals surface area contributed by atoms with Crippen molar-refractivity contribution >= 4 is 21.7 Å². The largest absolute Gasteiger partial charge is 0.457 e. The first-order chi connectivity index (χ1) is 17.2. The van der Waals surface area contributed by atoms with Crippen LogP contribution in [0, 0.1) is 6.92 Å². The van der Waals surface area contributed by atoms with Gasteiger partial charge in [0.2, 0.25) is 5.91 Å². The molecule has 1 unspecified atom stereocenters. The first-order valence-corrected chi connectivity index (χ1v) is 12.9. The third kappa shape index (κ3) is 5.21. The Balaban J connectivity index is 1.65. The smallest absolute Gasteiger partial charge is 0.274 e. The number of nitrogens with zero attached hydrogens (tertiary/aromatic N) is 3. The Morgan fingerprint density at radius 2 is 1.72 bits per heavy atom. The van der Waals surface area contributed by atoms with Gasteiger partial charge in [0.1, 0.15) is 21.9 Å². The fraction of sp³-hybridized carbons (Fsp3) is 0.280. The first-order valence-electron chi connectivity index (χ1n) is 11.3. The number of rotatable bonds is 6. The Kier molecular flexibility index (Phi) is 7.32. The van der Waals surface area contributed by atoms with Crippen LogP contribution in [-0.4, -0.2) is 59.1 Å². The van der Waals surface area contributed by atoms with E-state index < -0.39 is 32.8 Å². The summed E-state index contributed by atoms with van der Waals surface area (Å²) in [5, 5.41) is 9.19. The lowest BCUT2D eigenvalue weighted by Crippen LogP contribution is -2.42. The van der Waals surface area contributed by atoms with E-state index >= 15 is 0 Å². The lowest BCUT2D eigenvalue weighted by molar-refractivity contribution is -0.130. The zero-order chi connectivity index (χ0) is 25.8. The Hall–Kier alpha value is -3.83. The van der Waals surface area contributed by atoms with Crippen molar-refractivity contribution in [2.75, 3.05) is 18.8 Å². The summed E-state index contributed by atoms with van der Waals surface area (Å²) in [7, 11) is -3.95. The highest BCUT2D eigenvalue weighted by Crippen LogP contribution is 2.41. The van der Waals surface area contributed by atoms with Crippen molar-refractivity contribution < 1.29 is 28.0 Å². The van der Waals surface area contributed by atoms with Crippen LogP contribution in [0.2, 0.25) is 0 Å². The summed E-state index contributed by atoms with van der Waals surface area (Å²) in [6, 6.07) is 14.0. The third-order valence-electron chi connectivity index (χ3n) is 6.29. The molecule has 2 aromatic carbocycles. The van der Waals surface area contributed by atoms with Crippen molar-refractivity contribution in [2.24, 2.45) is 0 Å². The number of aryl methyl sites for hydroxylation is 1. The second kappa shape index (κ2) is 10.4. The molecule has 1 fully saturated rings. The van der Waals surface area contributed by atoms with Crippen molar-refractivity contribution in [2.45, 2.75) is 24.5 Å². The number of nitrogens with one attached hydrogen (secondary N) is 1. The Morgan fingerprint density at radius 3 is 2.33 bits per heavy atom. The highest BCUT2D eigenvalue weighted by atomic mass is 32.2. The summed E-state index contributed by atoms with van der Waals surface area (Å²) in [5.41, 5.74) is 3.11. The van der Waals surface area contributed by atoms with Crippen molar-refractivity contribution in [3.05, 3.63) is 83.9 Å². The predicted molar refractivity (Wildman–Crippen MR) is 130 cm³/mol. The average Bonchev–Trinajstić information content (AvgIpc) is 3.02. The molecule has 10 nitrogen and oxygen atoms in total. The number of ether oxygens (including phenoxy) is 1. The molecule has 0 saturated carbocycles. The van der Waals surface area contributed by atoms with Crippen LogP contribution in [0.3, 0.4) is 0 Å². The number of carbonyl (C=O) groups excluding carboxylic acids is 2. The first kappa shape index (κ1) is 25.3. The van der Waals surface area contributed by atoms with Gasteiger partial charge in [-0.1, -0.05) is 29.8 Å². The second-order valence-corrected chi connectivity index (χ2v) is 11.0. The van der Waals surface area contributed by atoms with E-state index in [1.54, 1.807) is 29.7 Å². The number of carbonyl (C=O) groups is 2. The van der Waals surface area contributed by atoms with Crippen LogP contribution in [-0.2, 0) is 19.4 Å². The van der Waals surface area contributed by atoms with Crippen LogP contribution in [0.25, 0.3) is 0 Å². The molecule has 0 radical (unpaired) electrons.